The number of aromatic nitrogens is 1. The SMILES string of the molecule is CC(=O)Nc1ncc(Br)cc1S. The van der Waals surface area contributed by atoms with Gasteiger partial charge in [-0.15, -0.1) is 12.6 Å². The van der Waals surface area contributed by atoms with Gasteiger partial charge in [0, 0.05) is 22.5 Å². The van der Waals surface area contributed by atoms with Crippen molar-refractivity contribution in [1.29, 1.82) is 0 Å². The maximum absolute atomic E-state index is 10.7. The third-order valence-electron chi connectivity index (χ3n) is 1.13. The molecule has 0 saturated carbocycles. The minimum Gasteiger partial charge on any atom is -0.310 e. The van der Waals surface area contributed by atoms with Crippen LogP contribution in [0.5, 0.6) is 0 Å². The van der Waals surface area contributed by atoms with E-state index in [0.717, 1.165) is 4.47 Å². The fourth-order valence-corrected chi connectivity index (χ4v) is 1.45. The van der Waals surface area contributed by atoms with E-state index >= 15 is 0 Å². The van der Waals surface area contributed by atoms with Crippen molar-refractivity contribution >= 4 is 40.3 Å². The van der Waals surface area contributed by atoms with Gasteiger partial charge in [0.2, 0.25) is 5.91 Å². The van der Waals surface area contributed by atoms with Gasteiger partial charge in [0.25, 0.3) is 0 Å². The van der Waals surface area contributed by atoms with Gasteiger partial charge in [0.15, 0.2) is 0 Å². The molecule has 1 N–H and O–H groups in total. The van der Waals surface area contributed by atoms with Crippen molar-refractivity contribution in [3.05, 3.63) is 16.7 Å². The van der Waals surface area contributed by atoms with Gasteiger partial charge in [-0.1, -0.05) is 0 Å². The zero-order valence-corrected chi connectivity index (χ0v) is 8.82. The smallest absolute Gasteiger partial charge is 0.222 e. The molecule has 0 saturated heterocycles. The summed E-state index contributed by atoms with van der Waals surface area (Å²) < 4.78 is 0.835. The lowest BCUT2D eigenvalue weighted by Crippen LogP contribution is -2.07. The minimum atomic E-state index is -0.153. The number of pyridine rings is 1. The molecular weight excluding hydrogens is 240 g/mol. The first-order valence-corrected chi connectivity index (χ1v) is 4.45. The lowest BCUT2D eigenvalue weighted by atomic mass is 10.4. The fraction of sp³-hybridized carbons (Fsp3) is 0.143. The van der Waals surface area contributed by atoms with Crippen molar-refractivity contribution in [2.75, 3.05) is 5.32 Å². The highest BCUT2D eigenvalue weighted by Gasteiger charge is 2.01. The van der Waals surface area contributed by atoms with Crippen molar-refractivity contribution < 1.29 is 4.79 Å². The van der Waals surface area contributed by atoms with Crippen LogP contribution in [0.2, 0.25) is 0 Å². The fourth-order valence-electron chi connectivity index (χ4n) is 0.692. The van der Waals surface area contributed by atoms with Crippen LogP contribution in [0.1, 0.15) is 6.92 Å². The van der Waals surface area contributed by atoms with E-state index in [2.05, 4.69) is 38.9 Å². The summed E-state index contributed by atoms with van der Waals surface area (Å²) in [7, 11) is 0. The minimum absolute atomic E-state index is 0.153. The van der Waals surface area contributed by atoms with Crippen molar-refractivity contribution in [3.8, 4) is 0 Å². The van der Waals surface area contributed by atoms with Crippen LogP contribution in [0.3, 0.4) is 0 Å². The molecule has 0 aliphatic heterocycles. The number of amides is 1. The molecule has 0 aliphatic rings. The van der Waals surface area contributed by atoms with Crippen molar-refractivity contribution in [2.45, 2.75) is 11.8 Å². The summed E-state index contributed by atoms with van der Waals surface area (Å²) in [5.41, 5.74) is 0. The molecule has 0 atom stereocenters. The first-order chi connectivity index (χ1) is 5.59. The second-order valence-electron chi connectivity index (χ2n) is 2.20. The number of carbonyl (C=O) groups excluding carboxylic acids is 1. The van der Waals surface area contributed by atoms with E-state index in [9.17, 15) is 4.79 Å². The molecule has 64 valence electrons. The van der Waals surface area contributed by atoms with Crippen molar-refractivity contribution in [3.63, 3.8) is 0 Å². The third-order valence-corrected chi connectivity index (χ3v) is 1.90. The predicted molar refractivity (Wildman–Crippen MR) is 53.5 cm³/mol. The average molecular weight is 247 g/mol. The van der Waals surface area contributed by atoms with Crippen LogP contribution in [0.4, 0.5) is 5.82 Å². The number of halogens is 1. The summed E-state index contributed by atoms with van der Waals surface area (Å²) in [5, 5.41) is 2.55. The van der Waals surface area contributed by atoms with Gasteiger partial charge in [-0.25, -0.2) is 4.98 Å². The normalized spacial score (nSPS) is 9.58. The topological polar surface area (TPSA) is 42.0 Å². The summed E-state index contributed by atoms with van der Waals surface area (Å²) >= 11 is 7.37. The molecule has 5 heteroatoms. The average Bonchev–Trinajstić information content (AvgIpc) is 1.94. The van der Waals surface area contributed by atoms with Gasteiger partial charge < -0.3 is 5.32 Å². The Kier molecular flexibility index (Phi) is 3.11. The Labute approximate surface area is 84.1 Å². The Bertz CT molecular complexity index is 316. The Morgan fingerprint density at radius 2 is 2.42 bits per heavy atom. The third kappa shape index (κ3) is 2.49. The number of hydrogen-bond donors (Lipinski definition) is 2. The van der Waals surface area contributed by atoms with Gasteiger partial charge >= 0.3 is 0 Å². The Hall–Kier alpha value is -0.550. The van der Waals surface area contributed by atoms with Gasteiger partial charge in [-0.2, -0.15) is 0 Å². The zero-order chi connectivity index (χ0) is 9.14. The van der Waals surface area contributed by atoms with Crippen LogP contribution in [0, 0.1) is 0 Å². The summed E-state index contributed by atoms with van der Waals surface area (Å²) in [5.74, 6) is 0.328. The monoisotopic (exact) mass is 246 g/mol. The van der Waals surface area contributed by atoms with Crippen molar-refractivity contribution in [1.82, 2.24) is 4.98 Å². The van der Waals surface area contributed by atoms with Crippen LogP contribution < -0.4 is 5.32 Å². The highest BCUT2D eigenvalue weighted by atomic mass is 79.9. The quantitative estimate of drug-likeness (QED) is 0.746. The van der Waals surface area contributed by atoms with E-state index in [-0.39, 0.29) is 5.91 Å². The van der Waals surface area contributed by atoms with E-state index in [0.29, 0.717) is 10.7 Å². The largest absolute Gasteiger partial charge is 0.310 e. The summed E-state index contributed by atoms with van der Waals surface area (Å²) in [6.07, 6.45) is 1.60. The first-order valence-electron chi connectivity index (χ1n) is 3.21. The van der Waals surface area contributed by atoms with Crippen LogP contribution in [-0.2, 0) is 4.79 Å². The van der Waals surface area contributed by atoms with Gasteiger partial charge in [-0.05, 0) is 22.0 Å². The molecule has 1 rings (SSSR count). The molecule has 0 bridgehead atoms. The molecule has 3 nitrogen and oxygen atoms in total. The molecule has 0 aliphatic carbocycles. The number of hydrogen-bond acceptors (Lipinski definition) is 3. The second-order valence-corrected chi connectivity index (χ2v) is 3.60. The molecule has 1 amide bonds. The number of anilines is 1. The number of thiol groups is 1. The van der Waals surface area contributed by atoms with Crippen LogP contribution in [0.25, 0.3) is 0 Å². The molecule has 12 heavy (non-hydrogen) atoms. The van der Waals surface area contributed by atoms with E-state index in [1.54, 1.807) is 12.3 Å². The van der Waals surface area contributed by atoms with Crippen LogP contribution in [0.15, 0.2) is 21.6 Å². The van der Waals surface area contributed by atoms with Gasteiger partial charge in [-0.3, -0.25) is 4.79 Å². The van der Waals surface area contributed by atoms with Crippen LogP contribution >= 0.6 is 28.6 Å². The van der Waals surface area contributed by atoms with E-state index in [1.807, 2.05) is 0 Å². The van der Waals surface area contributed by atoms with E-state index < -0.39 is 0 Å². The maximum atomic E-state index is 10.7. The molecule has 1 heterocycles. The highest BCUT2D eigenvalue weighted by molar-refractivity contribution is 9.10. The Morgan fingerprint density at radius 3 is 2.92 bits per heavy atom. The van der Waals surface area contributed by atoms with Gasteiger partial charge in [0.1, 0.15) is 5.82 Å². The molecule has 0 radical (unpaired) electrons. The molecule has 0 fully saturated rings. The molecule has 0 spiro atoms. The maximum Gasteiger partial charge on any atom is 0.222 e. The molecule has 1 aromatic rings. The van der Waals surface area contributed by atoms with E-state index in [1.165, 1.54) is 6.92 Å². The molecule has 1 aromatic heterocycles. The number of carbonyl (C=O) groups is 1. The number of nitrogens with zero attached hydrogens (tertiary/aromatic N) is 1. The summed E-state index contributed by atoms with van der Waals surface area (Å²) in [6.45, 7) is 1.43. The first kappa shape index (κ1) is 9.54. The highest BCUT2D eigenvalue weighted by Crippen LogP contribution is 2.20. The standard InChI is InChI=1S/C7H7BrN2OS/c1-4(11)10-7-6(12)2-5(8)3-9-7/h2-3,12H,1H3,(H,9,10,11). The summed E-state index contributed by atoms with van der Waals surface area (Å²) in [6, 6.07) is 1.77. The Morgan fingerprint density at radius 1 is 1.75 bits per heavy atom. The molecular formula is C7H7BrN2OS. The van der Waals surface area contributed by atoms with Gasteiger partial charge in [0.05, 0.1) is 0 Å². The lowest BCUT2D eigenvalue weighted by molar-refractivity contribution is -0.114. The summed E-state index contributed by atoms with van der Waals surface area (Å²) in [4.78, 5) is 15.3. The molecule has 0 aromatic carbocycles. The second kappa shape index (κ2) is 3.91. The Balaban J connectivity index is 2.93. The molecule has 0 unspecified atom stereocenters. The van der Waals surface area contributed by atoms with Crippen LogP contribution in [-0.4, -0.2) is 10.9 Å². The van der Waals surface area contributed by atoms with Crippen molar-refractivity contribution in [2.24, 2.45) is 0 Å². The number of nitrogens with one attached hydrogen (secondary N) is 1. The lowest BCUT2D eigenvalue weighted by Gasteiger charge is -2.03. The zero-order valence-electron chi connectivity index (χ0n) is 6.34. The number of rotatable bonds is 1. The van der Waals surface area contributed by atoms with E-state index in [4.69, 9.17) is 0 Å². The predicted octanol–water partition coefficient (Wildman–Crippen LogP) is 2.09.